The molecule has 1 heterocycles. The first-order chi connectivity index (χ1) is 11.9. The van der Waals surface area contributed by atoms with Gasteiger partial charge in [0, 0.05) is 21.8 Å². The molecule has 0 aliphatic heterocycles. The highest BCUT2D eigenvalue weighted by Crippen LogP contribution is 2.24. The highest BCUT2D eigenvalue weighted by molar-refractivity contribution is 9.10. The van der Waals surface area contributed by atoms with Gasteiger partial charge in [0.15, 0.2) is 5.16 Å². The fourth-order valence-corrected chi connectivity index (χ4v) is 3.93. The highest BCUT2D eigenvalue weighted by Gasteiger charge is 2.13. The average molecular weight is 438 g/mol. The Morgan fingerprint density at radius 1 is 1.20 bits per heavy atom. The van der Waals surface area contributed by atoms with Crippen LogP contribution in [0, 0.1) is 5.92 Å². The summed E-state index contributed by atoms with van der Waals surface area (Å²) in [5, 5.41) is 1.93. The number of aromatic nitrogens is 2. The molecule has 0 N–H and O–H groups in total. The van der Waals surface area contributed by atoms with E-state index in [-0.39, 0.29) is 5.56 Å². The molecular weight excluding hydrogens is 420 g/mol. The number of benzene rings is 2. The molecule has 0 saturated carbocycles. The van der Waals surface area contributed by atoms with Crippen molar-refractivity contribution in [2.24, 2.45) is 5.92 Å². The molecule has 3 rings (SSSR count). The smallest absolute Gasteiger partial charge is 0.262 e. The Hall–Kier alpha value is -1.30. The van der Waals surface area contributed by atoms with Crippen LogP contribution in [0.1, 0.15) is 19.4 Å². The van der Waals surface area contributed by atoms with Crippen molar-refractivity contribution in [3.05, 3.63) is 67.9 Å². The molecule has 3 aromatic rings. The third kappa shape index (κ3) is 4.46. The van der Waals surface area contributed by atoms with Crippen molar-refractivity contribution in [3.63, 3.8) is 0 Å². The maximum atomic E-state index is 12.9. The van der Waals surface area contributed by atoms with Gasteiger partial charge >= 0.3 is 0 Å². The monoisotopic (exact) mass is 436 g/mol. The Kier molecular flexibility index (Phi) is 5.87. The van der Waals surface area contributed by atoms with Gasteiger partial charge in [-0.15, -0.1) is 0 Å². The van der Waals surface area contributed by atoms with Gasteiger partial charge in [0.25, 0.3) is 5.56 Å². The van der Waals surface area contributed by atoms with Crippen LogP contribution in [0.25, 0.3) is 10.9 Å². The minimum Gasteiger partial charge on any atom is -0.287 e. The van der Waals surface area contributed by atoms with Crippen molar-refractivity contribution in [3.8, 4) is 0 Å². The Morgan fingerprint density at radius 2 is 1.92 bits per heavy atom. The van der Waals surface area contributed by atoms with Crippen LogP contribution in [-0.2, 0) is 12.3 Å². The lowest BCUT2D eigenvalue weighted by Gasteiger charge is -2.15. The van der Waals surface area contributed by atoms with Crippen LogP contribution in [0.2, 0.25) is 5.02 Å². The average Bonchev–Trinajstić information content (AvgIpc) is 2.57. The minimum atomic E-state index is -0.00586. The Morgan fingerprint density at radius 3 is 2.60 bits per heavy atom. The topological polar surface area (TPSA) is 34.9 Å². The van der Waals surface area contributed by atoms with Crippen molar-refractivity contribution < 1.29 is 0 Å². The largest absolute Gasteiger partial charge is 0.287 e. The van der Waals surface area contributed by atoms with Crippen molar-refractivity contribution in [1.29, 1.82) is 0 Å². The summed E-state index contributed by atoms with van der Waals surface area (Å²) in [4.78, 5) is 17.6. The quantitative estimate of drug-likeness (QED) is 0.376. The lowest BCUT2D eigenvalue weighted by Crippen LogP contribution is -2.25. The van der Waals surface area contributed by atoms with Crippen LogP contribution in [0.3, 0.4) is 0 Å². The number of thioether (sulfide) groups is 1. The van der Waals surface area contributed by atoms with E-state index in [1.54, 1.807) is 34.5 Å². The molecule has 0 amide bonds. The first-order valence-electron chi connectivity index (χ1n) is 8.01. The Bertz CT molecular complexity index is 954. The summed E-state index contributed by atoms with van der Waals surface area (Å²) in [5.74, 6) is 1.11. The van der Waals surface area contributed by atoms with E-state index >= 15 is 0 Å². The summed E-state index contributed by atoms with van der Waals surface area (Å²) in [7, 11) is 0. The summed E-state index contributed by atoms with van der Waals surface area (Å²) in [6, 6.07) is 13.4. The molecule has 0 radical (unpaired) electrons. The van der Waals surface area contributed by atoms with Gasteiger partial charge in [-0.1, -0.05) is 65.3 Å². The molecule has 25 heavy (non-hydrogen) atoms. The lowest BCUT2D eigenvalue weighted by atomic mass is 10.2. The van der Waals surface area contributed by atoms with Crippen molar-refractivity contribution in [2.75, 3.05) is 0 Å². The maximum absolute atomic E-state index is 12.9. The van der Waals surface area contributed by atoms with Gasteiger partial charge in [0.1, 0.15) is 0 Å². The Balaban J connectivity index is 2.01. The molecule has 130 valence electrons. The van der Waals surface area contributed by atoms with Crippen molar-refractivity contribution in [1.82, 2.24) is 9.55 Å². The minimum absolute atomic E-state index is 0.00586. The number of halogens is 2. The SMILES string of the molecule is CC(C)Cn1c(SCc2ccc(Br)cc2)nc2cc(Cl)ccc2c1=O. The first-order valence-corrected chi connectivity index (χ1v) is 10.2. The molecule has 0 atom stereocenters. The lowest BCUT2D eigenvalue weighted by molar-refractivity contribution is 0.475. The fraction of sp³-hybridized carbons (Fsp3) is 0.263. The summed E-state index contributed by atoms with van der Waals surface area (Å²) < 4.78 is 2.83. The zero-order valence-electron chi connectivity index (χ0n) is 14.0. The zero-order valence-corrected chi connectivity index (χ0v) is 17.2. The van der Waals surface area contributed by atoms with Crippen LogP contribution < -0.4 is 5.56 Å². The van der Waals surface area contributed by atoms with E-state index in [2.05, 4.69) is 41.9 Å². The van der Waals surface area contributed by atoms with E-state index < -0.39 is 0 Å². The number of hydrogen-bond acceptors (Lipinski definition) is 3. The molecular formula is C19H18BrClN2OS. The van der Waals surface area contributed by atoms with Gasteiger partial charge in [-0.3, -0.25) is 9.36 Å². The van der Waals surface area contributed by atoms with Gasteiger partial charge in [0.05, 0.1) is 10.9 Å². The summed E-state index contributed by atoms with van der Waals surface area (Å²) in [6.07, 6.45) is 0. The molecule has 3 nitrogen and oxygen atoms in total. The van der Waals surface area contributed by atoms with Gasteiger partial charge < -0.3 is 0 Å². The van der Waals surface area contributed by atoms with Crippen LogP contribution in [0.5, 0.6) is 0 Å². The summed E-state index contributed by atoms with van der Waals surface area (Å²) in [6.45, 7) is 4.84. The van der Waals surface area contributed by atoms with Crippen molar-refractivity contribution in [2.45, 2.75) is 31.3 Å². The van der Waals surface area contributed by atoms with Crippen LogP contribution in [-0.4, -0.2) is 9.55 Å². The number of hydrogen-bond donors (Lipinski definition) is 0. The van der Waals surface area contributed by atoms with Crippen LogP contribution in [0.4, 0.5) is 0 Å². The van der Waals surface area contributed by atoms with Crippen molar-refractivity contribution >= 4 is 50.2 Å². The molecule has 0 unspecified atom stereocenters. The molecule has 0 fully saturated rings. The summed E-state index contributed by atoms with van der Waals surface area (Å²) in [5.41, 5.74) is 1.83. The molecule has 0 aliphatic rings. The third-order valence-corrected chi connectivity index (χ3v) is 5.52. The van der Waals surface area contributed by atoms with E-state index in [4.69, 9.17) is 16.6 Å². The van der Waals surface area contributed by atoms with E-state index in [0.29, 0.717) is 28.4 Å². The van der Waals surface area contributed by atoms with E-state index in [9.17, 15) is 4.79 Å². The molecule has 0 saturated heterocycles. The molecule has 0 aliphatic carbocycles. The van der Waals surface area contributed by atoms with Gasteiger partial charge in [0.2, 0.25) is 0 Å². The standard InChI is InChI=1S/C19H18BrClN2OS/c1-12(2)10-23-18(24)16-8-7-15(21)9-17(16)22-19(23)25-11-13-3-5-14(20)6-4-13/h3-9,12H,10-11H2,1-2H3. The number of nitrogens with zero attached hydrogens (tertiary/aromatic N) is 2. The second-order valence-corrected chi connectivity index (χ2v) is 8.58. The third-order valence-electron chi connectivity index (χ3n) is 3.71. The second-order valence-electron chi connectivity index (χ2n) is 6.28. The van der Waals surface area contributed by atoms with Crippen LogP contribution in [0.15, 0.2) is 56.9 Å². The first kappa shape index (κ1) is 18.5. The summed E-state index contributed by atoms with van der Waals surface area (Å²) >= 11 is 11.1. The second kappa shape index (κ2) is 7.94. The molecule has 0 spiro atoms. The zero-order chi connectivity index (χ0) is 18.0. The Labute approximate surface area is 164 Å². The number of fused-ring (bicyclic) bond motifs is 1. The maximum Gasteiger partial charge on any atom is 0.262 e. The predicted molar refractivity (Wildman–Crippen MR) is 110 cm³/mol. The predicted octanol–water partition coefficient (Wildman–Crippen LogP) is 5.76. The number of rotatable bonds is 5. The molecule has 6 heteroatoms. The van der Waals surface area contributed by atoms with Crippen LogP contribution >= 0.6 is 39.3 Å². The molecule has 0 bridgehead atoms. The van der Waals surface area contributed by atoms with Gasteiger partial charge in [-0.05, 0) is 41.8 Å². The van der Waals surface area contributed by atoms with E-state index in [1.165, 1.54) is 5.56 Å². The van der Waals surface area contributed by atoms with Gasteiger partial charge in [-0.25, -0.2) is 4.98 Å². The molecule has 1 aromatic heterocycles. The van der Waals surface area contributed by atoms with E-state index in [0.717, 1.165) is 15.4 Å². The molecule has 2 aromatic carbocycles. The highest BCUT2D eigenvalue weighted by atomic mass is 79.9. The fourth-order valence-electron chi connectivity index (χ4n) is 2.54. The normalized spacial score (nSPS) is 11.4. The van der Waals surface area contributed by atoms with E-state index in [1.807, 2.05) is 12.1 Å². The van der Waals surface area contributed by atoms with Gasteiger partial charge in [-0.2, -0.15) is 0 Å².